The minimum Gasteiger partial charge on any atom is -0.332 e. The van der Waals surface area contributed by atoms with Gasteiger partial charge in [-0.1, -0.05) is 35.3 Å². The molecule has 0 saturated heterocycles. The van der Waals surface area contributed by atoms with Gasteiger partial charge in [-0.05, 0) is 58.5 Å². The van der Waals surface area contributed by atoms with Crippen molar-refractivity contribution in [2.45, 2.75) is 0 Å². The summed E-state index contributed by atoms with van der Waals surface area (Å²) in [6.45, 7) is 0. The molecule has 2 aromatic rings. The van der Waals surface area contributed by atoms with Gasteiger partial charge in [-0.15, -0.1) is 0 Å². The first kappa shape index (κ1) is 14.6. The highest BCUT2D eigenvalue weighted by atomic mass is 79.9. The van der Waals surface area contributed by atoms with E-state index in [1.165, 1.54) is 0 Å². The van der Waals surface area contributed by atoms with Crippen LogP contribution in [-0.2, 0) is 0 Å². The van der Waals surface area contributed by atoms with Crippen molar-refractivity contribution in [2.24, 2.45) is 0 Å². The topological polar surface area (TPSA) is 24.1 Å². The summed E-state index contributed by atoms with van der Waals surface area (Å²) in [7, 11) is 0. The van der Waals surface area contributed by atoms with Crippen LogP contribution in [0.25, 0.3) is 0 Å². The maximum atomic E-state index is 6.06. The largest absolute Gasteiger partial charge is 0.332 e. The SMILES string of the molecule is S=C(Nc1ccc(Cl)cc1Cl)Nc1ccccc1Br. The van der Waals surface area contributed by atoms with Crippen LogP contribution in [0.5, 0.6) is 0 Å². The molecule has 0 aliphatic heterocycles. The maximum Gasteiger partial charge on any atom is 0.175 e. The molecule has 0 amide bonds. The standard InChI is InChI=1S/C13H9BrCl2N2S/c14-9-3-1-2-4-11(9)17-13(19)18-12-6-5-8(15)7-10(12)16/h1-7H,(H2,17,18,19). The molecule has 0 radical (unpaired) electrons. The average Bonchev–Trinajstić information content (AvgIpc) is 2.36. The number of hydrogen-bond acceptors (Lipinski definition) is 1. The summed E-state index contributed by atoms with van der Waals surface area (Å²) in [6, 6.07) is 12.9. The van der Waals surface area contributed by atoms with Crippen molar-refractivity contribution >= 4 is 67.8 Å². The molecular weight excluding hydrogens is 367 g/mol. The molecule has 0 atom stereocenters. The van der Waals surface area contributed by atoms with Crippen molar-refractivity contribution in [2.75, 3.05) is 10.6 Å². The molecule has 0 heterocycles. The lowest BCUT2D eigenvalue weighted by atomic mass is 10.3. The Bertz CT molecular complexity index is 619. The van der Waals surface area contributed by atoms with Gasteiger partial charge in [-0.3, -0.25) is 0 Å². The van der Waals surface area contributed by atoms with Crippen LogP contribution in [-0.4, -0.2) is 5.11 Å². The summed E-state index contributed by atoms with van der Waals surface area (Å²) in [5, 5.41) is 7.66. The predicted octanol–water partition coefficient (Wildman–Crippen LogP) is 5.56. The number of anilines is 2. The molecule has 0 unspecified atom stereocenters. The van der Waals surface area contributed by atoms with E-state index < -0.39 is 0 Å². The van der Waals surface area contributed by atoms with E-state index in [9.17, 15) is 0 Å². The normalized spacial score (nSPS) is 10.1. The highest BCUT2D eigenvalue weighted by Crippen LogP contribution is 2.26. The molecule has 19 heavy (non-hydrogen) atoms. The van der Waals surface area contributed by atoms with Gasteiger partial charge in [0.1, 0.15) is 0 Å². The van der Waals surface area contributed by atoms with Gasteiger partial charge in [-0.2, -0.15) is 0 Å². The maximum absolute atomic E-state index is 6.06. The summed E-state index contributed by atoms with van der Waals surface area (Å²) in [5.74, 6) is 0. The zero-order valence-corrected chi connectivity index (χ0v) is 13.5. The molecule has 0 bridgehead atoms. The van der Waals surface area contributed by atoms with Crippen LogP contribution in [0.15, 0.2) is 46.9 Å². The van der Waals surface area contributed by atoms with E-state index in [2.05, 4.69) is 26.6 Å². The Morgan fingerprint density at radius 3 is 2.37 bits per heavy atom. The number of hydrogen-bond donors (Lipinski definition) is 2. The first-order chi connectivity index (χ1) is 9.06. The summed E-state index contributed by atoms with van der Waals surface area (Å²) < 4.78 is 0.932. The van der Waals surface area contributed by atoms with Crippen molar-refractivity contribution in [3.63, 3.8) is 0 Å². The van der Waals surface area contributed by atoms with Gasteiger partial charge < -0.3 is 10.6 Å². The molecule has 0 aliphatic rings. The van der Waals surface area contributed by atoms with E-state index in [0.29, 0.717) is 20.8 Å². The predicted molar refractivity (Wildman–Crippen MR) is 90.4 cm³/mol. The molecule has 6 heteroatoms. The summed E-state index contributed by atoms with van der Waals surface area (Å²) in [4.78, 5) is 0. The van der Waals surface area contributed by atoms with Crippen molar-refractivity contribution in [1.82, 2.24) is 0 Å². The first-order valence-corrected chi connectivity index (χ1v) is 7.29. The zero-order valence-electron chi connectivity index (χ0n) is 9.58. The number of nitrogens with one attached hydrogen (secondary N) is 2. The minimum atomic E-state index is 0.455. The number of halogens is 3. The Kier molecular flexibility index (Phi) is 5.05. The lowest BCUT2D eigenvalue weighted by Crippen LogP contribution is -2.19. The number of rotatable bonds is 2. The molecule has 2 N–H and O–H groups in total. The lowest BCUT2D eigenvalue weighted by molar-refractivity contribution is 1.57. The Morgan fingerprint density at radius 1 is 1.00 bits per heavy atom. The Balaban J connectivity index is 2.08. The Morgan fingerprint density at radius 2 is 1.68 bits per heavy atom. The molecule has 0 saturated carbocycles. The van der Waals surface area contributed by atoms with Crippen LogP contribution in [0.1, 0.15) is 0 Å². The van der Waals surface area contributed by atoms with E-state index in [4.69, 9.17) is 35.4 Å². The lowest BCUT2D eigenvalue weighted by Gasteiger charge is -2.12. The van der Waals surface area contributed by atoms with Gasteiger partial charge in [0.15, 0.2) is 5.11 Å². The van der Waals surface area contributed by atoms with Crippen LogP contribution in [0.3, 0.4) is 0 Å². The molecule has 0 fully saturated rings. The van der Waals surface area contributed by atoms with Gasteiger partial charge in [0.05, 0.1) is 16.4 Å². The monoisotopic (exact) mass is 374 g/mol. The van der Waals surface area contributed by atoms with Crippen LogP contribution in [0, 0.1) is 0 Å². The molecule has 2 nitrogen and oxygen atoms in total. The fourth-order valence-corrected chi connectivity index (χ4v) is 2.49. The quantitative estimate of drug-likeness (QED) is 0.671. The number of benzene rings is 2. The zero-order chi connectivity index (χ0) is 13.8. The third-order valence-electron chi connectivity index (χ3n) is 2.30. The van der Waals surface area contributed by atoms with Gasteiger partial charge in [-0.25, -0.2) is 0 Å². The second-order valence-corrected chi connectivity index (χ2v) is 5.79. The van der Waals surface area contributed by atoms with E-state index in [0.717, 1.165) is 10.2 Å². The number of para-hydroxylation sites is 1. The summed E-state index contributed by atoms with van der Waals surface area (Å²) in [6.07, 6.45) is 0. The Labute approximate surface area is 135 Å². The van der Waals surface area contributed by atoms with Crippen molar-refractivity contribution in [1.29, 1.82) is 0 Å². The highest BCUT2D eigenvalue weighted by molar-refractivity contribution is 9.10. The van der Waals surface area contributed by atoms with Gasteiger partial charge in [0.25, 0.3) is 0 Å². The van der Waals surface area contributed by atoms with Crippen LogP contribution in [0.4, 0.5) is 11.4 Å². The van der Waals surface area contributed by atoms with Crippen LogP contribution in [0.2, 0.25) is 10.0 Å². The molecule has 98 valence electrons. The van der Waals surface area contributed by atoms with E-state index in [1.54, 1.807) is 18.2 Å². The van der Waals surface area contributed by atoms with Crippen molar-refractivity contribution in [3.05, 3.63) is 57.0 Å². The second-order valence-electron chi connectivity index (χ2n) is 3.68. The minimum absolute atomic E-state index is 0.455. The van der Waals surface area contributed by atoms with Crippen LogP contribution < -0.4 is 10.6 Å². The average molecular weight is 376 g/mol. The third kappa shape index (κ3) is 4.08. The number of thiocarbonyl (C=S) groups is 1. The fourth-order valence-electron chi connectivity index (χ4n) is 1.43. The smallest absolute Gasteiger partial charge is 0.175 e. The molecule has 2 aromatic carbocycles. The van der Waals surface area contributed by atoms with E-state index >= 15 is 0 Å². The van der Waals surface area contributed by atoms with Gasteiger partial charge in [0, 0.05) is 9.50 Å². The molecular formula is C13H9BrCl2N2S. The molecule has 0 aliphatic carbocycles. The van der Waals surface area contributed by atoms with Crippen molar-refractivity contribution in [3.8, 4) is 0 Å². The van der Waals surface area contributed by atoms with Crippen molar-refractivity contribution < 1.29 is 0 Å². The third-order valence-corrected chi connectivity index (χ3v) is 3.74. The molecule has 2 rings (SSSR count). The van der Waals surface area contributed by atoms with E-state index in [1.807, 2.05) is 24.3 Å². The summed E-state index contributed by atoms with van der Waals surface area (Å²) in [5.41, 5.74) is 1.58. The second kappa shape index (κ2) is 6.57. The molecule has 0 aromatic heterocycles. The highest BCUT2D eigenvalue weighted by Gasteiger charge is 2.05. The van der Waals surface area contributed by atoms with Gasteiger partial charge >= 0.3 is 0 Å². The van der Waals surface area contributed by atoms with Crippen LogP contribution >= 0.6 is 51.3 Å². The fraction of sp³-hybridized carbons (Fsp3) is 0. The first-order valence-electron chi connectivity index (χ1n) is 5.34. The molecule has 0 spiro atoms. The van der Waals surface area contributed by atoms with Gasteiger partial charge in [0.2, 0.25) is 0 Å². The van der Waals surface area contributed by atoms with E-state index in [-0.39, 0.29) is 0 Å². The summed E-state index contributed by atoms with van der Waals surface area (Å²) >= 11 is 20.6. The Hall–Kier alpha value is -0.810.